The predicted molar refractivity (Wildman–Crippen MR) is 56.4 cm³/mol. The number of hydrogen-bond acceptors (Lipinski definition) is 2. The summed E-state index contributed by atoms with van der Waals surface area (Å²) >= 11 is 0. The van der Waals surface area contributed by atoms with Gasteiger partial charge in [0.15, 0.2) is 0 Å². The van der Waals surface area contributed by atoms with Crippen molar-refractivity contribution in [2.24, 2.45) is 0 Å². The molecule has 0 saturated heterocycles. The Hall–Kier alpha value is -1.23. The van der Waals surface area contributed by atoms with Crippen LogP contribution in [0.2, 0.25) is 0 Å². The lowest BCUT2D eigenvalue weighted by molar-refractivity contribution is -0.137. The molecule has 0 heterocycles. The summed E-state index contributed by atoms with van der Waals surface area (Å²) in [5.41, 5.74) is -0.207. The van der Waals surface area contributed by atoms with E-state index in [9.17, 15) is 13.2 Å². The molecule has 1 aromatic carbocycles. The third-order valence-electron chi connectivity index (χ3n) is 2.19. The van der Waals surface area contributed by atoms with Crippen molar-refractivity contribution in [2.75, 3.05) is 19.0 Å². The number of benzene rings is 1. The molecular formula is C11H14F3NO. The number of rotatable bonds is 4. The molecule has 5 heteroatoms. The first-order valence-electron chi connectivity index (χ1n) is 4.87. The maximum atomic E-state index is 12.4. The minimum Gasteiger partial charge on any atom is -0.382 e. The normalized spacial score (nSPS) is 13.6. The molecular weight excluding hydrogens is 219 g/mol. The van der Waals surface area contributed by atoms with E-state index in [1.807, 2.05) is 6.92 Å². The zero-order chi connectivity index (χ0) is 12.2. The minimum atomic E-state index is -4.30. The van der Waals surface area contributed by atoms with Gasteiger partial charge in [-0.25, -0.2) is 0 Å². The Kier molecular flexibility index (Phi) is 4.18. The largest absolute Gasteiger partial charge is 0.416 e. The molecule has 0 aliphatic heterocycles. The van der Waals surface area contributed by atoms with E-state index in [1.165, 1.54) is 6.07 Å². The molecule has 0 amide bonds. The highest BCUT2D eigenvalue weighted by atomic mass is 19.4. The molecule has 0 fully saturated rings. The molecule has 1 unspecified atom stereocenters. The van der Waals surface area contributed by atoms with Gasteiger partial charge in [-0.05, 0) is 25.1 Å². The van der Waals surface area contributed by atoms with E-state index in [4.69, 9.17) is 4.74 Å². The van der Waals surface area contributed by atoms with Crippen LogP contribution in [-0.2, 0) is 10.9 Å². The Bertz CT molecular complexity index is 338. The molecule has 0 aliphatic carbocycles. The Morgan fingerprint density at radius 3 is 2.62 bits per heavy atom. The van der Waals surface area contributed by atoms with E-state index in [1.54, 1.807) is 13.2 Å². The van der Waals surface area contributed by atoms with Crippen LogP contribution in [0.4, 0.5) is 18.9 Å². The molecule has 1 atom stereocenters. The highest BCUT2D eigenvalue weighted by Crippen LogP contribution is 2.30. The smallest absolute Gasteiger partial charge is 0.382 e. The lowest BCUT2D eigenvalue weighted by atomic mass is 10.2. The van der Waals surface area contributed by atoms with Crippen LogP contribution >= 0.6 is 0 Å². The number of methoxy groups -OCH3 is 1. The van der Waals surface area contributed by atoms with Crippen molar-refractivity contribution in [3.8, 4) is 0 Å². The van der Waals surface area contributed by atoms with Crippen molar-refractivity contribution in [2.45, 2.75) is 19.2 Å². The highest BCUT2D eigenvalue weighted by Gasteiger charge is 2.30. The lowest BCUT2D eigenvalue weighted by Gasteiger charge is -2.13. The van der Waals surface area contributed by atoms with Crippen LogP contribution in [0.15, 0.2) is 24.3 Å². The maximum Gasteiger partial charge on any atom is 0.416 e. The second-order valence-corrected chi connectivity index (χ2v) is 3.51. The lowest BCUT2D eigenvalue weighted by Crippen LogP contribution is -2.18. The van der Waals surface area contributed by atoms with Crippen LogP contribution in [0.25, 0.3) is 0 Å². The number of hydrogen-bond donors (Lipinski definition) is 1. The van der Waals surface area contributed by atoms with Crippen molar-refractivity contribution in [3.05, 3.63) is 29.8 Å². The van der Waals surface area contributed by atoms with Gasteiger partial charge in [-0.2, -0.15) is 13.2 Å². The fourth-order valence-corrected chi connectivity index (χ4v) is 1.15. The molecule has 2 nitrogen and oxygen atoms in total. The first kappa shape index (κ1) is 12.8. The second kappa shape index (κ2) is 5.21. The maximum absolute atomic E-state index is 12.4. The Morgan fingerprint density at radius 2 is 2.06 bits per heavy atom. The summed E-state index contributed by atoms with van der Waals surface area (Å²) in [4.78, 5) is 0. The standard InChI is InChI=1S/C11H14F3NO/c1-8(16-2)7-15-10-5-3-4-9(6-10)11(12,13)14/h3-6,8,15H,7H2,1-2H3. The molecule has 16 heavy (non-hydrogen) atoms. The molecule has 0 spiro atoms. The van der Waals surface area contributed by atoms with Crippen LogP contribution < -0.4 is 5.32 Å². The van der Waals surface area contributed by atoms with E-state index >= 15 is 0 Å². The van der Waals surface area contributed by atoms with E-state index in [0.717, 1.165) is 12.1 Å². The summed E-state index contributed by atoms with van der Waals surface area (Å²) in [7, 11) is 1.55. The summed E-state index contributed by atoms with van der Waals surface area (Å²) < 4.78 is 42.1. The zero-order valence-electron chi connectivity index (χ0n) is 9.14. The molecule has 1 N–H and O–H groups in total. The predicted octanol–water partition coefficient (Wildman–Crippen LogP) is 3.15. The van der Waals surface area contributed by atoms with Gasteiger partial charge in [0.2, 0.25) is 0 Å². The number of alkyl halides is 3. The Balaban J connectivity index is 2.68. The van der Waals surface area contributed by atoms with Gasteiger partial charge < -0.3 is 10.1 Å². The van der Waals surface area contributed by atoms with Gasteiger partial charge >= 0.3 is 6.18 Å². The quantitative estimate of drug-likeness (QED) is 0.862. The van der Waals surface area contributed by atoms with Crippen LogP contribution in [0, 0.1) is 0 Å². The van der Waals surface area contributed by atoms with Crippen LogP contribution in [0.1, 0.15) is 12.5 Å². The van der Waals surface area contributed by atoms with Crippen LogP contribution in [-0.4, -0.2) is 19.8 Å². The third kappa shape index (κ3) is 3.73. The summed E-state index contributed by atoms with van der Waals surface area (Å²) in [5.74, 6) is 0. The van der Waals surface area contributed by atoms with Gasteiger partial charge in [-0.1, -0.05) is 6.07 Å². The summed E-state index contributed by atoms with van der Waals surface area (Å²) in [6.45, 7) is 2.30. The Labute approximate surface area is 92.4 Å². The van der Waals surface area contributed by atoms with Crippen molar-refractivity contribution in [1.82, 2.24) is 0 Å². The number of ether oxygens (including phenoxy) is 1. The van der Waals surface area contributed by atoms with Gasteiger partial charge in [0.1, 0.15) is 0 Å². The highest BCUT2D eigenvalue weighted by molar-refractivity contribution is 5.46. The molecule has 90 valence electrons. The zero-order valence-corrected chi connectivity index (χ0v) is 9.14. The van der Waals surface area contributed by atoms with Crippen molar-refractivity contribution >= 4 is 5.69 Å². The SMILES string of the molecule is COC(C)CNc1cccc(C(F)(F)F)c1. The molecule has 0 radical (unpaired) electrons. The third-order valence-corrected chi connectivity index (χ3v) is 2.19. The van der Waals surface area contributed by atoms with Gasteiger partial charge in [0.25, 0.3) is 0 Å². The first-order valence-corrected chi connectivity index (χ1v) is 4.87. The second-order valence-electron chi connectivity index (χ2n) is 3.51. The topological polar surface area (TPSA) is 21.3 Å². The molecule has 1 rings (SSSR count). The average molecular weight is 233 g/mol. The fourth-order valence-electron chi connectivity index (χ4n) is 1.15. The van der Waals surface area contributed by atoms with E-state index in [-0.39, 0.29) is 6.10 Å². The van der Waals surface area contributed by atoms with E-state index in [0.29, 0.717) is 12.2 Å². The first-order chi connectivity index (χ1) is 7.43. The molecule has 0 bridgehead atoms. The van der Waals surface area contributed by atoms with E-state index < -0.39 is 11.7 Å². The molecule has 0 aliphatic rings. The number of anilines is 1. The minimum absolute atomic E-state index is 0.0467. The van der Waals surface area contributed by atoms with Gasteiger partial charge in [-0.15, -0.1) is 0 Å². The van der Waals surface area contributed by atoms with Crippen molar-refractivity contribution in [3.63, 3.8) is 0 Å². The van der Waals surface area contributed by atoms with Crippen molar-refractivity contribution in [1.29, 1.82) is 0 Å². The molecule has 0 saturated carbocycles. The van der Waals surface area contributed by atoms with Gasteiger partial charge in [0.05, 0.1) is 11.7 Å². The van der Waals surface area contributed by atoms with Gasteiger partial charge in [-0.3, -0.25) is 0 Å². The van der Waals surface area contributed by atoms with E-state index in [2.05, 4.69) is 5.32 Å². The van der Waals surface area contributed by atoms with Crippen molar-refractivity contribution < 1.29 is 17.9 Å². The monoisotopic (exact) mass is 233 g/mol. The summed E-state index contributed by atoms with van der Waals surface area (Å²) in [5, 5.41) is 2.88. The fraction of sp³-hybridized carbons (Fsp3) is 0.455. The molecule has 0 aromatic heterocycles. The Morgan fingerprint density at radius 1 is 1.38 bits per heavy atom. The summed E-state index contributed by atoms with van der Waals surface area (Å²) in [6, 6.07) is 5.10. The number of nitrogens with one attached hydrogen (secondary N) is 1. The molecule has 1 aromatic rings. The number of halogens is 3. The average Bonchev–Trinajstić information content (AvgIpc) is 2.25. The van der Waals surface area contributed by atoms with Gasteiger partial charge in [0, 0.05) is 19.3 Å². The van der Waals surface area contributed by atoms with Crippen LogP contribution in [0.5, 0.6) is 0 Å². The summed E-state index contributed by atoms with van der Waals surface area (Å²) in [6.07, 6.45) is -4.35. The van der Waals surface area contributed by atoms with Crippen LogP contribution in [0.3, 0.4) is 0 Å².